The van der Waals surface area contributed by atoms with E-state index in [1.165, 1.54) is 12.1 Å². The van der Waals surface area contributed by atoms with Crippen LogP contribution in [0.4, 0.5) is 8.78 Å². The molecule has 100 valence electrons. The summed E-state index contributed by atoms with van der Waals surface area (Å²) in [7, 11) is 1.78. The van der Waals surface area contributed by atoms with Crippen molar-refractivity contribution >= 4 is 15.9 Å². The highest BCUT2D eigenvalue weighted by Crippen LogP contribution is 2.35. The maximum absolute atomic E-state index is 14.0. The van der Waals surface area contributed by atoms with Crippen LogP contribution in [0.5, 0.6) is 0 Å². The van der Waals surface area contributed by atoms with E-state index in [9.17, 15) is 8.78 Å². The van der Waals surface area contributed by atoms with Crippen LogP contribution in [0.3, 0.4) is 0 Å². The fourth-order valence-electron chi connectivity index (χ4n) is 2.42. The van der Waals surface area contributed by atoms with Crippen LogP contribution in [0.1, 0.15) is 18.4 Å². The van der Waals surface area contributed by atoms with Gasteiger partial charge in [-0.2, -0.15) is 8.78 Å². The van der Waals surface area contributed by atoms with Gasteiger partial charge in [-0.25, -0.2) is 0 Å². The zero-order chi connectivity index (χ0) is 13.2. The first-order chi connectivity index (χ1) is 8.47. The highest BCUT2D eigenvalue weighted by atomic mass is 79.9. The van der Waals surface area contributed by atoms with E-state index in [-0.39, 0.29) is 12.1 Å². The molecule has 0 amide bonds. The van der Waals surface area contributed by atoms with Crippen LogP contribution < -0.4 is 0 Å². The van der Waals surface area contributed by atoms with Gasteiger partial charge in [0.25, 0.3) is 5.92 Å². The van der Waals surface area contributed by atoms with Crippen LogP contribution in [0, 0.1) is 5.92 Å². The van der Waals surface area contributed by atoms with Crippen molar-refractivity contribution in [2.75, 3.05) is 20.1 Å². The van der Waals surface area contributed by atoms with E-state index in [2.05, 4.69) is 15.9 Å². The van der Waals surface area contributed by atoms with Crippen LogP contribution >= 0.6 is 15.9 Å². The van der Waals surface area contributed by atoms with Gasteiger partial charge in [0.05, 0.1) is 6.54 Å². The number of likely N-dealkylation sites (N-methyl/N-ethyl adjacent to an activating group) is 1. The molecule has 0 aliphatic heterocycles. The molecule has 1 aliphatic rings. The number of alkyl halides is 3. The lowest BCUT2D eigenvalue weighted by molar-refractivity contribution is -0.0366. The van der Waals surface area contributed by atoms with Crippen LogP contribution in [-0.2, 0) is 5.92 Å². The molecule has 1 fully saturated rings. The van der Waals surface area contributed by atoms with Crippen molar-refractivity contribution in [3.05, 3.63) is 35.9 Å². The Morgan fingerprint density at radius 3 is 2.44 bits per heavy atom. The van der Waals surface area contributed by atoms with Gasteiger partial charge in [-0.3, -0.25) is 4.90 Å². The largest absolute Gasteiger partial charge is 0.300 e. The molecule has 1 aliphatic carbocycles. The molecule has 2 rings (SSSR count). The minimum absolute atomic E-state index is 0.101. The maximum atomic E-state index is 14.0. The molecular weight excluding hydrogens is 300 g/mol. The Kier molecular flexibility index (Phi) is 4.38. The Morgan fingerprint density at radius 2 is 1.89 bits per heavy atom. The van der Waals surface area contributed by atoms with Crippen molar-refractivity contribution in [1.29, 1.82) is 0 Å². The third kappa shape index (κ3) is 3.51. The van der Waals surface area contributed by atoms with Gasteiger partial charge in [0.1, 0.15) is 0 Å². The van der Waals surface area contributed by atoms with Crippen LogP contribution in [-0.4, -0.2) is 29.9 Å². The number of rotatable bonds is 5. The van der Waals surface area contributed by atoms with E-state index in [4.69, 9.17) is 0 Å². The second-order valence-corrected chi connectivity index (χ2v) is 6.50. The summed E-state index contributed by atoms with van der Waals surface area (Å²) in [6, 6.07) is 8.06. The van der Waals surface area contributed by atoms with E-state index in [1.807, 2.05) is 0 Å². The SMILES string of the molecule is CN(CC1CC(Br)C1)CC(F)(F)c1ccccc1. The zero-order valence-corrected chi connectivity index (χ0v) is 12.0. The summed E-state index contributed by atoms with van der Waals surface area (Å²) in [6.07, 6.45) is 2.20. The summed E-state index contributed by atoms with van der Waals surface area (Å²) in [5.74, 6) is -2.21. The number of halogens is 3. The standard InChI is InChI=1S/C14H18BrF2N/c1-18(9-11-7-13(15)8-11)10-14(16,17)12-5-3-2-4-6-12/h2-6,11,13H,7-10H2,1H3. The topological polar surface area (TPSA) is 3.24 Å². The summed E-state index contributed by atoms with van der Waals surface area (Å²) in [5, 5.41) is 0. The fourth-order valence-corrected chi connectivity index (χ4v) is 3.48. The molecule has 0 atom stereocenters. The van der Waals surface area contributed by atoms with Gasteiger partial charge in [0, 0.05) is 16.9 Å². The lowest BCUT2D eigenvalue weighted by Gasteiger charge is -2.35. The van der Waals surface area contributed by atoms with E-state index < -0.39 is 5.92 Å². The number of hydrogen-bond donors (Lipinski definition) is 0. The van der Waals surface area contributed by atoms with Gasteiger partial charge in [-0.1, -0.05) is 46.3 Å². The minimum Gasteiger partial charge on any atom is -0.300 e. The monoisotopic (exact) mass is 317 g/mol. The molecule has 1 aromatic rings. The smallest absolute Gasteiger partial charge is 0.285 e. The first-order valence-corrected chi connectivity index (χ1v) is 7.15. The second kappa shape index (κ2) is 5.66. The number of hydrogen-bond acceptors (Lipinski definition) is 1. The summed E-state index contributed by atoms with van der Waals surface area (Å²) in [5.41, 5.74) is 0.101. The predicted octanol–water partition coefficient (Wildman–Crippen LogP) is 3.88. The van der Waals surface area contributed by atoms with E-state index in [0.29, 0.717) is 10.7 Å². The Labute approximate surface area is 115 Å². The third-order valence-corrected chi connectivity index (χ3v) is 4.16. The van der Waals surface area contributed by atoms with Crippen molar-refractivity contribution < 1.29 is 8.78 Å². The molecule has 1 nitrogen and oxygen atoms in total. The molecule has 0 saturated heterocycles. The summed E-state index contributed by atoms with van der Waals surface area (Å²) in [4.78, 5) is 2.34. The summed E-state index contributed by atoms with van der Waals surface area (Å²) < 4.78 is 28.0. The van der Waals surface area contributed by atoms with Crippen molar-refractivity contribution in [2.45, 2.75) is 23.6 Å². The normalized spacial score (nSPS) is 24.1. The Hall–Kier alpha value is -0.480. The minimum atomic E-state index is -2.77. The maximum Gasteiger partial charge on any atom is 0.285 e. The molecule has 4 heteroatoms. The Morgan fingerprint density at radius 1 is 1.28 bits per heavy atom. The molecular formula is C14H18BrF2N. The Balaban J connectivity index is 1.87. The van der Waals surface area contributed by atoms with Gasteiger partial charge in [0.2, 0.25) is 0 Å². The molecule has 1 saturated carbocycles. The molecule has 0 heterocycles. The van der Waals surface area contributed by atoms with Crippen molar-refractivity contribution in [1.82, 2.24) is 4.90 Å². The van der Waals surface area contributed by atoms with Gasteiger partial charge in [-0.05, 0) is 25.8 Å². The molecule has 0 N–H and O–H groups in total. The fraction of sp³-hybridized carbons (Fsp3) is 0.571. The lowest BCUT2D eigenvalue weighted by Crippen LogP contribution is -2.39. The average molecular weight is 318 g/mol. The Bertz CT molecular complexity index is 377. The molecule has 0 spiro atoms. The molecule has 0 aromatic heterocycles. The predicted molar refractivity (Wildman–Crippen MR) is 73.3 cm³/mol. The van der Waals surface area contributed by atoms with E-state index >= 15 is 0 Å². The zero-order valence-electron chi connectivity index (χ0n) is 10.5. The van der Waals surface area contributed by atoms with Gasteiger partial charge < -0.3 is 0 Å². The molecule has 0 radical (unpaired) electrons. The first-order valence-electron chi connectivity index (χ1n) is 6.23. The molecule has 0 unspecified atom stereocenters. The summed E-state index contributed by atoms with van der Waals surface area (Å²) >= 11 is 3.52. The average Bonchev–Trinajstić information content (AvgIpc) is 2.27. The highest BCUT2D eigenvalue weighted by Gasteiger charge is 2.34. The van der Waals surface area contributed by atoms with Crippen LogP contribution in [0.15, 0.2) is 30.3 Å². The van der Waals surface area contributed by atoms with E-state index in [0.717, 1.165) is 19.4 Å². The lowest BCUT2D eigenvalue weighted by atomic mass is 9.85. The van der Waals surface area contributed by atoms with Gasteiger partial charge >= 0.3 is 0 Å². The van der Waals surface area contributed by atoms with Crippen molar-refractivity contribution in [3.8, 4) is 0 Å². The van der Waals surface area contributed by atoms with Crippen molar-refractivity contribution in [2.24, 2.45) is 5.92 Å². The molecule has 0 bridgehead atoms. The third-order valence-electron chi connectivity index (χ3n) is 3.41. The first kappa shape index (κ1) is 13.9. The molecule has 18 heavy (non-hydrogen) atoms. The summed E-state index contributed by atoms with van der Waals surface area (Å²) in [6.45, 7) is 0.547. The van der Waals surface area contributed by atoms with E-state index in [1.54, 1.807) is 30.1 Å². The molecule has 1 aromatic carbocycles. The second-order valence-electron chi connectivity index (χ2n) is 5.20. The highest BCUT2D eigenvalue weighted by molar-refractivity contribution is 9.09. The van der Waals surface area contributed by atoms with Crippen LogP contribution in [0.2, 0.25) is 0 Å². The van der Waals surface area contributed by atoms with Gasteiger partial charge in [-0.15, -0.1) is 0 Å². The quantitative estimate of drug-likeness (QED) is 0.745. The van der Waals surface area contributed by atoms with Gasteiger partial charge in [0.15, 0.2) is 0 Å². The number of nitrogens with zero attached hydrogens (tertiary/aromatic N) is 1. The van der Waals surface area contributed by atoms with Crippen LogP contribution in [0.25, 0.3) is 0 Å². The van der Waals surface area contributed by atoms with Crippen molar-refractivity contribution in [3.63, 3.8) is 0 Å². The number of benzene rings is 1.